The average molecular weight is 298 g/mol. The van der Waals surface area contributed by atoms with Gasteiger partial charge in [0.1, 0.15) is 0 Å². The third-order valence-electron chi connectivity index (χ3n) is 3.45. The van der Waals surface area contributed by atoms with Gasteiger partial charge in [-0.2, -0.15) is 4.57 Å². The lowest BCUT2D eigenvalue weighted by Gasteiger charge is -2.18. The summed E-state index contributed by atoms with van der Waals surface area (Å²) in [5, 5.41) is 0. The molecule has 1 aromatic heterocycles. The number of aromatic nitrogens is 1. The van der Waals surface area contributed by atoms with Crippen LogP contribution in [0.15, 0.2) is 24.5 Å². The van der Waals surface area contributed by atoms with E-state index in [-0.39, 0.29) is 18.3 Å². The van der Waals surface area contributed by atoms with Gasteiger partial charge in [0.25, 0.3) is 5.91 Å². The minimum Gasteiger partial charge on any atom is -1.00 e. The fraction of sp³-hybridized carbons (Fsp3) is 0.500. The van der Waals surface area contributed by atoms with Gasteiger partial charge >= 0.3 is 0 Å². The van der Waals surface area contributed by atoms with Crippen LogP contribution in [0.3, 0.4) is 0 Å². The monoisotopic (exact) mass is 297 g/mol. The van der Waals surface area contributed by atoms with Gasteiger partial charge in [-0.15, -0.1) is 0 Å². The van der Waals surface area contributed by atoms with Crippen LogP contribution in [0.4, 0.5) is 0 Å². The first-order chi connectivity index (χ1) is 9.16. The number of carbonyl (C=O) groups excluding carboxylic acids is 2. The minimum atomic E-state index is -0.453. The molecule has 0 unspecified atom stereocenters. The van der Waals surface area contributed by atoms with Crippen LogP contribution in [0.2, 0.25) is 0 Å². The molecule has 0 saturated carbocycles. The van der Waals surface area contributed by atoms with Crippen molar-refractivity contribution in [2.24, 2.45) is 5.73 Å². The molecule has 110 valence electrons. The van der Waals surface area contributed by atoms with Gasteiger partial charge in [0.2, 0.25) is 12.5 Å². The van der Waals surface area contributed by atoms with Crippen molar-refractivity contribution in [2.75, 3.05) is 13.1 Å². The van der Waals surface area contributed by atoms with Crippen molar-refractivity contribution in [2.45, 2.75) is 32.2 Å². The number of halogens is 1. The van der Waals surface area contributed by atoms with E-state index < -0.39 is 5.91 Å². The molecule has 2 amide bonds. The number of pyridine rings is 1. The summed E-state index contributed by atoms with van der Waals surface area (Å²) in [5.74, 6) is -0.315. The van der Waals surface area contributed by atoms with Crippen LogP contribution < -0.4 is 22.7 Å². The maximum atomic E-state index is 12.2. The van der Waals surface area contributed by atoms with Crippen molar-refractivity contribution in [3.63, 3.8) is 0 Å². The molecule has 0 bridgehead atoms. The third-order valence-corrected chi connectivity index (χ3v) is 3.45. The lowest BCUT2D eigenvalue weighted by molar-refractivity contribution is -0.685. The molecule has 1 aliphatic rings. The molecular formula is C14H20ClN3O2. The van der Waals surface area contributed by atoms with Crippen LogP contribution in [0.1, 0.15) is 36.0 Å². The second-order valence-corrected chi connectivity index (χ2v) is 4.92. The number of hydrogen-bond acceptors (Lipinski definition) is 2. The molecule has 0 atom stereocenters. The molecule has 5 nitrogen and oxygen atoms in total. The molecule has 1 aliphatic heterocycles. The maximum Gasteiger partial charge on any atom is 0.288 e. The van der Waals surface area contributed by atoms with E-state index in [2.05, 4.69) is 0 Å². The van der Waals surface area contributed by atoms with Gasteiger partial charge in [0.05, 0.1) is 5.56 Å². The lowest BCUT2D eigenvalue weighted by atomic mass is 10.2. The van der Waals surface area contributed by atoms with Crippen LogP contribution in [-0.4, -0.2) is 29.8 Å². The molecule has 1 aromatic rings. The predicted octanol–water partition coefficient (Wildman–Crippen LogP) is -2.52. The fourth-order valence-electron chi connectivity index (χ4n) is 2.30. The Labute approximate surface area is 125 Å². The van der Waals surface area contributed by atoms with Crippen molar-refractivity contribution in [3.05, 3.63) is 30.1 Å². The molecule has 2 rings (SSSR count). The largest absolute Gasteiger partial charge is 1.00 e. The van der Waals surface area contributed by atoms with Crippen molar-refractivity contribution >= 4 is 11.8 Å². The number of rotatable bonds is 3. The summed E-state index contributed by atoms with van der Waals surface area (Å²) in [4.78, 5) is 25.0. The van der Waals surface area contributed by atoms with E-state index in [4.69, 9.17) is 5.73 Å². The second-order valence-electron chi connectivity index (χ2n) is 4.92. The van der Waals surface area contributed by atoms with E-state index in [1.807, 2.05) is 4.90 Å². The fourth-order valence-corrected chi connectivity index (χ4v) is 2.30. The number of hydrogen-bond donors (Lipinski definition) is 1. The molecule has 0 aliphatic carbocycles. The van der Waals surface area contributed by atoms with Crippen LogP contribution >= 0.6 is 0 Å². The summed E-state index contributed by atoms with van der Waals surface area (Å²) in [7, 11) is 0. The van der Waals surface area contributed by atoms with Crippen LogP contribution in [0.25, 0.3) is 0 Å². The number of likely N-dealkylation sites (tertiary alicyclic amines) is 1. The Hall–Kier alpha value is -1.62. The molecule has 1 saturated heterocycles. The molecule has 1 fully saturated rings. The van der Waals surface area contributed by atoms with Crippen molar-refractivity contribution in [1.29, 1.82) is 0 Å². The van der Waals surface area contributed by atoms with E-state index in [1.165, 1.54) is 12.8 Å². The van der Waals surface area contributed by atoms with Gasteiger partial charge in [0, 0.05) is 25.2 Å². The zero-order chi connectivity index (χ0) is 13.7. The number of amides is 2. The van der Waals surface area contributed by atoms with Gasteiger partial charge < -0.3 is 23.0 Å². The van der Waals surface area contributed by atoms with E-state index in [1.54, 1.807) is 29.1 Å². The zero-order valence-corrected chi connectivity index (χ0v) is 12.2. The average Bonchev–Trinajstić information content (AvgIpc) is 2.68. The highest BCUT2D eigenvalue weighted by atomic mass is 35.5. The van der Waals surface area contributed by atoms with Gasteiger partial charge in [-0.1, -0.05) is 12.8 Å². The highest BCUT2D eigenvalue weighted by Gasteiger charge is 2.19. The third kappa shape index (κ3) is 4.49. The highest BCUT2D eigenvalue weighted by Crippen LogP contribution is 2.09. The summed E-state index contributed by atoms with van der Waals surface area (Å²) in [6.45, 7) is 2.04. The van der Waals surface area contributed by atoms with Gasteiger partial charge in [-0.25, -0.2) is 0 Å². The Morgan fingerprint density at radius 3 is 2.15 bits per heavy atom. The first kappa shape index (κ1) is 16.4. The zero-order valence-electron chi connectivity index (χ0n) is 11.4. The summed E-state index contributed by atoms with van der Waals surface area (Å²) in [6, 6.07) is 3.27. The van der Waals surface area contributed by atoms with Crippen LogP contribution in [0.5, 0.6) is 0 Å². The first-order valence-corrected chi connectivity index (χ1v) is 6.73. The molecule has 20 heavy (non-hydrogen) atoms. The summed E-state index contributed by atoms with van der Waals surface area (Å²) >= 11 is 0. The molecular weight excluding hydrogens is 278 g/mol. The van der Waals surface area contributed by atoms with Gasteiger partial charge in [0.15, 0.2) is 12.4 Å². The lowest BCUT2D eigenvalue weighted by Crippen LogP contribution is -3.00. The van der Waals surface area contributed by atoms with Crippen molar-refractivity contribution in [3.8, 4) is 0 Å². The Morgan fingerprint density at radius 2 is 1.65 bits per heavy atom. The minimum absolute atomic E-state index is 0. The molecule has 2 N–H and O–H groups in total. The number of nitrogens with two attached hydrogens (primary N) is 1. The quantitative estimate of drug-likeness (QED) is 0.626. The summed E-state index contributed by atoms with van der Waals surface area (Å²) in [6.07, 6.45) is 8.05. The standard InChI is InChI=1S/C14H19N3O2.ClH/c15-14(19)12-5-9-16(10-6-12)11-13(18)17-7-3-1-2-4-8-17;/h5-6,9-10H,1-4,7-8,11H2,(H-,15,19);1H. The Bertz CT molecular complexity index is 454. The van der Waals surface area contributed by atoms with Crippen molar-refractivity contribution < 1.29 is 26.6 Å². The Morgan fingerprint density at radius 1 is 1.10 bits per heavy atom. The number of primary amides is 1. The molecule has 0 spiro atoms. The topological polar surface area (TPSA) is 67.3 Å². The summed E-state index contributed by atoms with van der Waals surface area (Å²) in [5.41, 5.74) is 5.63. The van der Waals surface area contributed by atoms with E-state index >= 15 is 0 Å². The predicted molar refractivity (Wildman–Crippen MR) is 70.2 cm³/mol. The Balaban J connectivity index is 0.00000200. The highest BCUT2D eigenvalue weighted by molar-refractivity contribution is 5.92. The first-order valence-electron chi connectivity index (χ1n) is 6.73. The van der Waals surface area contributed by atoms with Gasteiger partial charge in [-0.3, -0.25) is 9.59 Å². The maximum absolute atomic E-state index is 12.2. The van der Waals surface area contributed by atoms with Crippen LogP contribution in [-0.2, 0) is 11.3 Å². The molecule has 2 heterocycles. The molecule has 0 aromatic carbocycles. The Kier molecular flexibility index (Phi) is 6.45. The summed E-state index contributed by atoms with van der Waals surface area (Å²) < 4.78 is 1.78. The normalized spacial score (nSPS) is 15.1. The van der Waals surface area contributed by atoms with Gasteiger partial charge in [-0.05, 0) is 12.8 Å². The number of carbonyl (C=O) groups is 2. The molecule has 6 heteroatoms. The molecule has 0 radical (unpaired) electrons. The SMILES string of the molecule is NC(=O)c1cc[n+](CC(=O)N2CCCCCC2)cc1.[Cl-]. The number of nitrogens with zero attached hydrogens (tertiary/aromatic N) is 2. The van der Waals surface area contributed by atoms with Crippen molar-refractivity contribution in [1.82, 2.24) is 4.90 Å². The smallest absolute Gasteiger partial charge is 0.288 e. The van der Waals surface area contributed by atoms with E-state index in [0.29, 0.717) is 12.1 Å². The van der Waals surface area contributed by atoms with E-state index in [9.17, 15) is 9.59 Å². The van der Waals surface area contributed by atoms with E-state index in [0.717, 1.165) is 25.9 Å². The van der Waals surface area contributed by atoms with Crippen LogP contribution in [0, 0.1) is 0 Å². The second kappa shape index (κ2) is 7.85.